The summed E-state index contributed by atoms with van der Waals surface area (Å²) in [6.45, 7) is -0.665. The van der Waals surface area contributed by atoms with Gasteiger partial charge in [-0.3, -0.25) is 19.7 Å². The molecule has 1 aliphatic heterocycles. The number of para-hydroxylation sites is 1. The largest absolute Gasteiger partial charge is 0.493 e. The summed E-state index contributed by atoms with van der Waals surface area (Å²) in [4.78, 5) is 48.6. The first-order valence-corrected chi connectivity index (χ1v) is 11.7. The second-order valence-electron chi connectivity index (χ2n) is 8.16. The lowest BCUT2D eigenvalue weighted by atomic mass is 10.1. The zero-order chi connectivity index (χ0) is 28.1. The van der Waals surface area contributed by atoms with Crippen molar-refractivity contribution >= 4 is 46.9 Å². The Hall–Kier alpha value is -4.97. The van der Waals surface area contributed by atoms with E-state index in [9.17, 15) is 28.9 Å². The van der Waals surface area contributed by atoms with Gasteiger partial charge in [-0.15, -0.1) is 0 Å². The maximum absolute atomic E-state index is 13.8. The maximum Gasteiger partial charge on any atom is 0.329 e. The molecule has 0 radical (unpaired) electrons. The number of benzene rings is 3. The van der Waals surface area contributed by atoms with Gasteiger partial charge in [0.25, 0.3) is 11.6 Å². The van der Waals surface area contributed by atoms with E-state index in [0.717, 1.165) is 6.07 Å². The molecule has 3 aromatic rings. The highest BCUT2D eigenvalue weighted by atomic mass is 35.5. The summed E-state index contributed by atoms with van der Waals surface area (Å²) >= 11 is 6.39. The van der Waals surface area contributed by atoms with Gasteiger partial charge in [-0.25, -0.2) is 14.1 Å². The van der Waals surface area contributed by atoms with E-state index in [1.54, 1.807) is 6.07 Å². The highest BCUT2D eigenvalue weighted by molar-refractivity contribution is 6.32. The molecule has 0 saturated carbocycles. The molecule has 4 amide bonds. The Balaban J connectivity index is 1.47. The normalized spacial score (nSPS) is 13.8. The Kier molecular flexibility index (Phi) is 8.06. The van der Waals surface area contributed by atoms with Crippen LogP contribution in [0.15, 0.2) is 66.4 Å². The van der Waals surface area contributed by atoms with Gasteiger partial charge in [0.2, 0.25) is 5.91 Å². The van der Waals surface area contributed by atoms with Gasteiger partial charge in [0.1, 0.15) is 24.7 Å². The van der Waals surface area contributed by atoms with Gasteiger partial charge in [-0.1, -0.05) is 35.9 Å². The second kappa shape index (κ2) is 11.6. The molecule has 2 N–H and O–H groups in total. The number of ether oxygens (including phenoxy) is 2. The molecule has 1 saturated heterocycles. The number of rotatable bonds is 9. The van der Waals surface area contributed by atoms with Crippen molar-refractivity contribution in [3.63, 3.8) is 0 Å². The van der Waals surface area contributed by atoms with E-state index in [1.165, 1.54) is 61.7 Å². The zero-order valence-corrected chi connectivity index (χ0v) is 21.0. The third kappa shape index (κ3) is 6.30. The molecule has 4 rings (SSSR count). The van der Waals surface area contributed by atoms with Gasteiger partial charge in [-0.2, -0.15) is 0 Å². The Bertz CT molecular complexity index is 1510. The van der Waals surface area contributed by atoms with Gasteiger partial charge in [0.05, 0.1) is 22.7 Å². The first-order valence-electron chi connectivity index (χ1n) is 11.3. The first kappa shape index (κ1) is 27.1. The molecule has 1 aliphatic rings. The van der Waals surface area contributed by atoms with Crippen LogP contribution in [-0.4, -0.2) is 41.3 Å². The van der Waals surface area contributed by atoms with Crippen LogP contribution >= 0.6 is 11.6 Å². The smallest absolute Gasteiger partial charge is 0.329 e. The average molecular weight is 555 g/mol. The standard InChI is InChI=1S/C26H20ClFN4O7/c1-38-22-12-16(10-18(27)24(22)39-14-15-5-4-6-17(9-15)32(36)37)11-21-25(34)31(26(35)30-21)13-23(33)29-20-8-3-2-7-19(20)28/h2-12H,13-14H2,1H3,(H,29,33)(H,30,35)/b21-11+. The van der Waals surface area contributed by atoms with Crippen molar-refractivity contribution in [2.24, 2.45) is 0 Å². The SMILES string of the molecule is COc1cc(/C=C2/NC(=O)N(CC(=O)Nc3ccccc3F)C2=O)cc(Cl)c1OCc1cccc([N+](=O)[O-])c1. The first-order chi connectivity index (χ1) is 18.7. The molecule has 0 atom stereocenters. The molecule has 0 bridgehead atoms. The zero-order valence-electron chi connectivity index (χ0n) is 20.3. The van der Waals surface area contributed by atoms with Gasteiger partial charge in [0, 0.05) is 12.1 Å². The lowest BCUT2D eigenvalue weighted by molar-refractivity contribution is -0.384. The number of amides is 4. The molecule has 0 unspecified atom stereocenters. The van der Waals surface area contributed by atoms with E-state index in [1.807, 2.05) is 0 Å². The lowest BCUT2D eigenvalue weighted by Crippen LogP contribution is -2.38. The van der Waals surface area contributed by atoms with Gasteiger partial charge in [-0.05, 0) is 41.5 Å². The summed E-state index contributed by atoms with van der Waals surface area (Å²) in [7, 11) is 1.38. The number of hydrogen-bond donors (Lipinski definition) is 2. The Morgan fingerprint density at radius 1 is 1.18 bits per heavy atom. The molecule has 1 heterocycles. The topological polar surface area (TPSA) is 140 Å². The van der Waals surface area contributed by atoms with Crippen molar-refractivity contribution in [3.8, 4) is 11.5 Å². The van der Waals surface area contributed by atoms with E-state index in [4.69, 9.17) is 21.1 Å². The highest BCUT2D eigenvalue weighted by Gasteiger charge is 2.35. The van der Waals surface area contributed by atoms with Crippen molar-refractivity contribution in [1.82, 2.24) is 10.2 Å². The van der Waals surface area contributed by atoms with Crippen molar-refractivity contribution < 1.29 is 33.2 Å². The van der Waals surface area contributed by atoms with Crippen LogP contribution in [0.5, 0.6) is 11.5 Å². The number of nitrogens with one attached hydrogen (secondary N) is 2. The Morgan fingerprint density at radius 2 is 1.95 bits per heavy atom. The quantitative estimate of drug-likeness (QED) is 0.172. The third-order valence-electron chi connectivity index (χ3n) is 5.48. The van der Waals surface area contributed by atoms with Gasteiger partial charge < -0.3 is 20.1 Å². The predicted octanol–water partition coefficient (Wildman–Crippen LogP) is 4.51. The maximum atomic E-state index is 13.8. The van der Waals surface area contributed by atoms with E-state index in [0.29, 0.717) is 16.0 Å². The van der Waals surface area contributed by atoms with E-state index < -0.39 is 35.1 Å². The number of hydrogen-bond acceptors (Lipinski definition) is 7. The summed E-state index contributed by atoms with van der Waals surface area (Å²) < 4.78 is 24.9. The minimum Gasteiger partial charge on any atom is -0.493 e. The fourth-order valence-corrected chi connectivity index (χ4v) is 3.93. The van der Waals surface area contributed by atoms with Crippen molar-refractivity contribution in [3.05, 3.63) is 98.4 Å². The van der Waals surface area contributed by atoms with Crippen LogP contribution in [0.3, 0.4) is 0 Å². The van der Waals surface area contributed by atoms with Gasteiger partial charge >= 0.3 is 6.03 Å². The molecule has 39 heavy (non-hydrogen) atoms. The molecule has 1 fully saturated rings. The number of carbonyl (C=O) groups excluding carboxylic acids is 3. The average Bonchev–Trinajstić information content (AvgIpc) is 3.16. The number of carbonyl (C=O) groups is 3. The molecule has 0 spiro atoms. The van der Waals surface area contributed by atoms with E-state index >= 15 is 0 Å². The van der Waals surface area contributed by atoms with Crippen LogP contribution < -0.4 is 20.1 Å². The summed E-state index contributed by atoms with van der Waals surface area (Å²) in [6, 6.07) is 13.6. The van der Waals surface area contributed by atoms with Gasteiger partial charge in [0.15, 0.2) is 11.5 Å². The number of anilines is 1. The predicted molar refractivity (Wildman–Crippen MR) is 139 cm³/mol. The number of nitro benzene ring substituents is 1. The number of urea groups is 1. The fourth-order valence-electron chi connectivity index (χ4n) is 3.66. The summed E-state index contributed by atoms with van der Waals surface area (Å²) in [5.74, 6) is -1.82. The van der Waals surface area contributed by atoms with E-state index in [-0.39, 0.29) is 40.2 Å². The molecule has 11 nitrogen and oxygen atoms in total. The summed E-state index contributed by atoms with van der Waals surface area (Å²) in [5, 5.41) is 15.8. The number of imide groups is 1. The lowest BCUT2D eigenvalue weighted by Gasteiger charge is -2.14. The molecular weight excluding hydrogens is 535 g/mol. The minimum atomic E-state index is -0.829. The Morgan fingerprint density at radius 3 is 2.67 bits per heavy atom. The number of non-ortho nitro benzene ring substituents is 1. The number of nitrogens with zero attached hydrogens (tertiary/aromatic N) is 2. The number of methoxy groups -OCH3 is 1. The van der Waals surface area contributed by atoms with Crippen LogP contribution in [0.4, 0.5) is 20.6 Å². The summed E-state index contributed by atoms with van der Waals surface area (Å²) in [6.07, 6.45) is 1.34. The van der Waals surface area contributed by atoms with Crippen LogP contribution in [0.2, 0.25) is 5.02 Å². The van der Waals surface area contributed by atoms with E-state index in [2.05, 4.69) is 10.6 Å². The van der Waals surface area contributed by atoms with Crippen LogP contribution in [0, 0.1) is 15.9 Å². The molecule has 3 aromatic carbocycles. The van der Waals surface area contributed by atoms with Crippen LogP contribution in [0.1, 0.15) is 11.1 Å². The Labute approximate surface area is 225 Å². The van der Waals surface area contributed by atoms with Crippen molar-refractivity contribution in [1.29, 1.82) is 0 Å². The summed E-state index contributed by atoms with van der Waals surface area (Å²) in [5.41, 5.74) is 0.618. The third-order valence-corrected chi connectivity index (χ3v) is 5.76. The fraction of sp³-hybridized carbons (Fsp3) is 0.115. The minimum absolute atomic E-state index is 0.0311. The van der Waals surface area contributed by atoms with Crippen LogP contribution in [-0.2, 0) is 16.2 Å². The monoisotopic (exact) mass is 554 g/mol. The van der Waals surface area contributed by atoms with Crippen molar-refractivity contribution in [2.45, 2.75) is 6.61 Å². The molecule has 200 valence electrons. The number of halogens is 2. The molecular formula is C26H20ClFN4O7. The number of nitro groups is 1. The molecule has 0 aromatic heterocycles. The molecule has 13 heteroatoms. The highest BCUT2D eigenvalue weighted by Crippen LogP contribution is 2.38. The van der Waals surface area contributed by atoms with Crippen LogP contribution in [0.25, 0.3) is 6.08 Å². The molecule has 0 aliphatic carbocycles. The van der Waals surface area contributed by atoms with Crippen molar-refractivity contribution in [2.75, 3.05) is 19.0 Å². The second-order valence-corrected chi connectivity index (χ2v) is 8.56.